The van der Waals surface area contributed by atoms with E-state index in [1.807, 2.05) is 0 Å². The van der Waals surface area contributed by atoms with E-state index in [0.717, 1.165) is 64.2 Å². The van der Waals surface area contributed by atoms with Gasteiger partial charge in [-0.1, -0.05) is 152 Å². The van der Waals surface area contributed by atoms with Crippen molar-refractivity contribution in [2.75, 3.05) is 26.4 Å². The molecule has 0 aliphatic carbocycles. The maximum Gasteiger partial charge on any atom is 0.472 e. The molecule has 57 heavy (non-hydrogen) atoms. The van der Waals surface area contributed by atoms with E-state index in [9.17, 15) is 24.2 Å². The Kier molecular flexibility index (Phi) is 40.5. The van der Waals surface area contributed by atoms with Crippen molar-refractivity contribution < 1.29 is 47.8 Å². The van der Waals surface area contributed by atoms with Gasteiger partial charge >= 0.3 is 19.8 Å². The number of carbonyl (C=O) groups excluding carboxylic acids is 2. The fourth-order valence-corrected chi connectivity index (χ4v) is 6.72. The highest BCUT2D eigenvalue weighted by Gasteiger charge is 2.27. The number of aliphatic hydroxyl groups excluding tert-OH is 2. The topological polar surface area (TPSA) is 149 Å². The molecule has 332 valence electrons. The van der Waals surface area contributed by atoms with Crippen LogP contribution >= 0.6 is 7.82 Å². The first kappa shape index (κ1) is 54.9. The Balaban J connectivity index is 4.32. The summed E-state index contributed by atoms with van der Waals surface area (Å²) in [5.74, 6) is -0.954. The Bertz CT molecular complexity index is 1090. The maximum atomic E-state index is 12.6. The van der Waals surface area contributed by atoms with E-state index >= 15 is 0 Å². The van der Waals surface area contributed by atoms with Crippen molar-refractivity contribution in [2.45, 2.75) is 206 Å². The molecule has 0 saturated heterocycles. The third-order valence-electron chi connectivity index (χ3n) is 9.46. The van der Waals surface area contributed by atoms with E-state index in [2.05, 4.69) is 62.5 Å². The van der Waals surface area contributed by atoms with Gasteiger partial charge in [0.05, 0.1) is 19.8 Å². The van der Waals surface area contributed by atoms with Gasteiger partial charge in [-0.2, -0.15) is 0 Å². The summed E-state index contributed by atoms with van der Waals surface area (Å²) in [5, 5.41) is 18.3. The minimum Gasteiger partial charge on any atom is -0.462 e. The smallest absolute Gasteiger partial charge is 0.462 e. The number of esters is 2. The molecule has 0 saturated carbocycles. The molecule has 0 amide bonds. The van der Waals surface area contributed by atoms with E-state index in [4.69, 9.17) is 23.6 Å². The molecule has 3 atom stereocenters. The van der Waals surface area contributed by atoms with Crippen LogP contribution in [0.2, 0.25) is 0 Å². The molecule has 0 fully saturated rings. The first-order valence-electron chi connectivity index (χ1n) is 22.6. The number of hydrogen-bond donors (Lipinski definition) is 3. The number of allylic oxidation sites excluding steroid dienone is 8. The Morgan fingerprint density at radius 1 is 0.526 bits per heavy atom. The molecule has 0 aromatic rings. The minimum absolute atomic E-state index is 0.173. The van der Waals surface area contributed by atoms with Crippen molar-refractivity contribution in [3.05, 3.63) is 48.6 Å². The Labute approximate surface area is 347 Å². The van der Waals surface area contributed by atoms with Gasteiger partial charge in [0, 0.05) is 12.8 Å². The van der Waals surface area contributed by atoms with Crippen LogP contribution in [0.3, 0.4) is 0 Å². The molecule has 0 rings (SSSR count). The quantitative estimate of drug-likeness (QED) is 0.0235. The highest BCUT2D eigenvalue weighted by atomic mass is 31.2. The second-order valence-electron chi connectivity index (χ2n) is 15.1. The molecule has 0 aromatic carbocycles. The van der Waals surface area contributed by atoms with Crippen LogP contribution in [-0.2, 0) is 32.7 Å². The van der Waals surface area contributed by atoms with E-state index in [-0.39, 0.29) is 19.4 Å². The average Bonchev–Trinajstić information content (AvgIpc) is 3.20. The number of carbonyl (C=O) groups is 2. The lowest BCUT2D eigenvalue weighted by atomic mass is 10.1. The fourth-order valence-electron chi connectivity index (χ4n) is 5.94. The molecule has 0 aliphatic rings. The Morgan fingerprint density at radius 2 is 0.912 bits per heavy atom. The predicted octanol–water partition coefficient (Wildman–Crippen LogP) is 12.1. The SMILES string of the molecule is CCCCC/C=C\C/C=C\C/C=C\CCCCCCC(=O)OC[C@H](COP(=O)(O)OC[C@@H](O)CO)OC(=O)CCCCCCCCC/C=C\CCCCCCCC. The van der Waals surface area contributed by atoms with Gasteiger partial charge in [0.2, 0.25) is 0 Å². The van der Waals surface area contributed by atoms with Crippen LogP contribution in [0.25, 0.3) is 0 Å². The van der Waals surface area contributed by atoms with Crippen LogP contribution < -0.4 is 0 Å². The van der Waals surface area contributed by atoms with E-state index in [1.54, 1.807) is 0 Å². The van der Waals surface area contributed by atoms with E-state index < -0.39 is 51.8 Å². The molecule has 0 aliphatic heterocycles. The molecule has 11 heteroatoms. The maximum absolute atomic E-state index is 12.6. The highest BCUT2D eigenvalue weighted by Crippen LogP contribution is 2.43. The van der Waals surface area contributed by atoms with Gasteiger partial charge in [-0.15, -0.1) is 0 Å². The summed E-state index contributed by atoms with van der Waals surface area (Å²) in [7, 11) is -4.63. The molecular weight excluding hydrogens is 743 g/mol. The van der Waals surface area contributed by atoms with Gasteiger partial charge in [-0.05, 0) is 77.0 Å². The minimum atomic E-state index is -4.63. The molecule has 10 nitrogen and oxygen atoms in total. The summed E-state index contributed by atoms with van der Waals surface area (Å²) in [4.78, 5) is 35.0. The van der Waals surface area contributed by atoms with Gasteiger partial charge in [0.15, 0.2) is 6.10 Å². The third-order valence-corrected chi connectivity index (χ3v) is 10.4. The Morgan fingerprint density at radius 3 is 1.42 bits per heavy atom. The lowest BCUT2D eigenvalue weighted by Gasteiger charge is -2.20. The van der Waals surface area contributed by atoms with Crippen molar-refractivity contribution in [1.82, 2.24) is 0 Å². The fraction of sp³-hybridized carbons (Fsp3) is 0.783. The number of ether oxygens (including phenoxy) is 2. The zero-order valence-electron chi connectivity index (χ0n) is 36.0. The number of unbranched alkanes of at least 4 members (excludes halogenated alkanes) is 20. The van der Waals surface area contributed by atoms with E-state index in [0.29, 0.717) is 12.8 Å². The van der Waals surface area contributed by atoms with Gasteiger partial charge in [-0.3, -0.25) is 18.6 Å². The first-order valence-corrected chi connectivity index (χ1v) is 24.1. The predicted molar refractivity (Wildman–Crippen MR) is 233 cm³/mol. The van der Waals surface area contributed by atoms with Crippen molar-refractivity contribution >= 4 is 19.8 Å². The number of aliphatic hydroxyl groups is 2. The second kappa shape index (κ2) is 42.1. The summed E-state index contributed by atoms with van der Waals surface area (Å²) in [6, 6.07) is 0. The standard InChI is InChI=1S/C46H83O10P/c1-3-5-7-9-11-13-15-17-19-21-23-25-27-29-31-33-35-37-45(49)53-41-44(42-55-57(51,52)54-40-43(48)39-47)56-46(50)38-36-34-32-30-28-26-24-22-20-18-16-14-12-10-8-6-4-2/h11,13,17-20,23,25,43-44,47-48H,3-10,12,14-16,21-22,24,26-42H2,1-2H3,(H,51,52)/b13-11-,19-17-,20-18-,25-23-/t43-,44+/m0/s1. The normalized spacial score (nSPS) is 14.3. The average molecular weight is 827 g/mol. The summed E-state index contributed by atoms with van der Waals surface area (Å²) in [6.45, 7) is 2.32. The van der Waals surface area contributed by atoms with Gasteiger partial charge in [-0.25, -0.2) is 4.57 Å². The zero-order chi connectivity index (χ0) is 41.9. The van der Waals surface area contributed by atoms with Crippen molar-refractivity contribution in [3.63, 3.8) is 0 Å². The van der Waals surface area contributed by atoms with Crippen LogP contribution in [0.5, 0.6) is 0 Å². The van der Waals surface area contributed by atoms with Crippen LogP contribution in [-0.4, -0.2) is 65.7 Å². The monoisotopic (exact) mass is 827 g/mol. The molecule has 0 spiro atoms. The summed E-state index contributed by atoms with van der Waals surface area (Å²) >= 11 is 0. The summed E-state index contributed by atoms with van der Waals surface area (Å²) in [5.41, 5.74) is 0. The van der Waals surface area contributed by atoms with E-state index in [1.165, 1.54) is 89.9 Å². The summed E-state index contributed by atoms with van der Waals surface area (Å²) < 4.78 is 32.7. The number of rotatable bonds is 42. The second-order valence-corrected chi connectivity index (χ2v) is 16.5. The highest BCUT2D eigenvalue weighted by molar-refractivity contribution is 7.47. The van der Waals surface area contributed by atoms with Crippen LogP contribution in [0.15, 0.2) is 48.6 Å². The number of hydrogen-bond acceptors (Lipinski definition) is 9. The zero-order valence-corrected chi connectivity index (χ0v) is 36.9. The molecule has 0 bridgehead atoms. The van der Waals surface area contributed by atoms with Gasteiger partial charge in [0.1, 0.15) is 12.7 Å². The molecule has 3 N–H and O–H groups in total. The molecule has 1 unspecified atom stereocenters. The van der Waals surface area contributed by atoms with Gasteiger partial charge in [0.25, 0.3) is 0 Å². The molecular formula is C46H83O10P. The molecule has 0 heterocycles. The Hall–Kier alpha value is -2.07. The van der Waals surface area contributed by atoms with Gasteiger partial charge < -0.3 is 24.6 Å². The molecule has 0 radical (unpaired) electrons. The van der Waals surface area contributed by atoms with Crippen LogP contribution in [0, 0.1) is 0 Å². The number of phosphoric ester groups is 1. The number of phosphoric acid groups is 1. The van der Waals surface area contributed by atoms with Crippen LogP contribution in [0.4, 0.5) is 0 Å². The summed E-state index contributed by atoms with van der Waals surface area (Å²) in [6.07, 6.45) is 45.0. The van der Waals surface area contributed by atoms with Crippen molar-refractivity contribution in [1.29, 1.82) is 0 Å². The lowest BCUT2D eigenvalue weighted by molar-refractivity contribution is -0.161. The van der Waals surface area contributed by atoms with Crippen LogP contribution in [0.1, 0.15) is 194 Å². The largest absolute Gasteiger partial charge is 0.472 e. The lowest BCUT2D eigenvalue weighted by Crippen LogP contribution is -2.29. The third kappa shape index (κ3) is 41.9. The van der Waals surface area contributed by atoms with Crippen molar-refractivity contribution in [2.24, 2.45) is 0 Å². The van der Waals surface area contributed by atoms with Crippen molar-refractivity contribution in [3.8, 4) is 0 Å². The molecule has 0 aromatic heterocycles. The first-order chi connectivity index (χ1) is 27.7.